The molecule has 0 radical (unpaired) electrons. The lowest BCUT2D eigenvalue weighted by Crippen LogP contribution is -2.09. The highest BCUT2D eigenvalue weighted by Crippen LogP contribution is 2.24. The van der Waals surface area contributed by atoms with Gasteiger partial charge in [0.1, 0.15) is 17.0 Å². The van der Waals surface area contributed by atoms with Gasteiger partial charge in [-0.25, -0.2) is 9.59 Å². The SMILES string of the molecule is C=CC(=O)Oc1ccc2c(C)c(N)c(=O)oc2c1. The van der Waals surface area contributed by atoms with E-state index in [1.54, 1.807) is 19.1 Å². The second-order valence-corrected chi connectivity index (χ2v) is 3.71. The van der Waals surface area contributed by atoms with E-state index in [9.17, 15) is 9.59 Å². The van der Waals surface area contributed by atoms with Crippen molar-refractivity contribution in [2.75, 3.05) is 5.73 Å². The van der Waals surface area contributed by atoms with Crippen LogP contribution in [0.4, 0.5) is 5.69 Å². The molecule has 0 fully saturated rings. The highest BCUT2D eigenvalue weighted by Gasteiger charge is 2.09. The van der Waals surface area contributed by atoms with Crippen molar-refractivity contribution in [2.45, 2.75) is 6.92 Å². The molecule has 0 saturated heterocycles. The van der Waals surface area contributed by atoms with Gasteiger partial charge < -0.3 is 14.9 Å². The van der Waals surface area contributed by atoms with E-state index in [2.05, 4.69) is 6.58 Å². The Bertz CT molecular complexity index is 700. The second-order valence-electron chi connectivity index (χ2n) is 3.71. The van der Waals surface area contributed by atoms with Gasteiger partial charge >= 0.3 is 11.6 Å². The first kappa shape index (κ1) is 11.9. The van der Waals surface area contributed by atoms with Gasteiger partial charge in [0.2, 0.25) is 0 Å². The van der Waals surface area contributed by atoms with Crippen LogP contribution in [0, 0.1) is 6.92 Å². The number of hydrogen-bond donors (Lipinski definition) is 1. The molecular formula is C13H11NO4. The first-order valence-electron chi connectivity index (χ1n) is 5.20. The van der Waals surface area contributed by atoms with Crippen LogP contribution < -0.4 is 16.1 Å². The van der Waals surface area contributed by atoms with Crippen LogP contribution in [0.25, 0.3) is 11.0 Å². The van der Waals surface area contributed by atoms with Crippen LogP contribution in [0.2, 0.25) is 0 Å². The highest BCUT2D eigenvalue weighted by atomic mass is 16.5. The number of carbonyl (C=O) groups excluding carboxylic acids is 1. The topological polar surface area (TPSA) is 82.5 Å². The molecule has 0 aliphatic carbocycles. The van der Waals surface area contributed by atoms with E-state index in [1.807, 2.05) is 0 Å². The van der Waals surface area contributed by atoms with Gasteiger partial charge in [0.25, 0.3) is 0 Å². The molecule has 5 heteroatoms. The molecule has 2 aromatic rings. The maximum absolute atomic E-state index is 11.4. The molecule has 0 amide bonds. The third-order valence-electron chi connectivity index (χ3n) is 2.57. The van der Waals surface area contributed by atoms with Crippen LogP contribution in [0.3, 0.4) is 0 Å². The summed E-state index contributed by atoms with van der Waals surface area (Å²) in [6.07, 6.45) is 1.05. The lowest BCUT2D eigenvalue weighted by Gasteiger charge is -2.06. The Kier molecular flexibility index (Phi) is 2.89. The molecule has 1 aromatic carbocycles. The van der Waals surface area contributed by atoms with Crippen molar-refractivity contribution in [1.29, 1.82) is 0 Å². The van der Waals surface area contributed by atoms with Crippen molar-refractivity contribution in [3.05, 3.63) is 46.8 Å². The van der Waals surface area contributed by atoms with Gasteiger partial charge in [0.15, 0.2) is 0 Å². The van der Waals surface area contributed by atoms with Gasteiger partial charge in [0.05, 0.1) is 0 Å². The predicted octanol–water partition coefficient (Wildman–Crippen LogP) is 1.78. The number of nitrogen functional groups attached to an aromatic ring is 1. The summed E-state index contributed by atoms with van der Waals surface area (Å²) in [5.41, 5.74) is 6.02. The van der Waals surface area contributed by atoms with E-state index in [1.165, 1.54) is 6.07 Å². The summed E-state index contributed by atoms with van der Waals surface area (Å²) >= 11 is 0. The number of hydrogen-bond acceptors (Lipinski definition) is 5. The maximum atomic E-state index is 11.4. The summed E-state index contributed by atoms with van der Waals surface area (Å²) in [5, 5.41) is 0.700. The average Bonchev–Trinajstić information content (AvgIpc) is 2.35. The normalized spacial score (nSPS) is 10.3. The number of fused-ring (bicyclic) bond motifs is 1. The molecule has 0 atom stereocenters. The summed E-state index contributed by atoms with van der Waals surface area (Å²) < 4.78 is 9.96. The summed E-state index contributed by atoms with van der Waals surface area (Å²) in [6, 6.07) is 4.73. The third kappa shape index (κ3) is 1.98. The van der Waals surface area contributed by atoms with Crippen molar-refractivity contribution < 1.29 is 13.9 Å². The van der Waals surface area contributed by atoms with Gasteiger partial charge in [-0.15, -0.1) is 0 Å². The Morgan fingerprint density at radius 2 is 2.22 bits per heavy atom. The lowest BCUT2D eigenvalue weighted by molar-refractivity contribution is -0.128. The standard InChI is InChI=1S/C13H11NO4/c1-3-11(15)17-8-4-5-9-7(2)12(14)13(16)18-10(9)6-8/h3-6H,1,14H2,2H3. The molecule has 5 nitrogen and oxygen atoms in total. The number of ether oxygens (including phenoxy) is 1. The van der Waals surface area contributed by atoms with Crippen molar-refractivity contribution in [3.8, 4) is 5.75 Å². The number of benzene rings is 1. The number of anilines is 1. The predicted molar refractivity (Wildman–Crippen MR) is 67.5 cm³/mol. The Morgan fingerprint density at radius 1 is 1.50 bits per heavy atom. The molecule has 0 unspecified atom stereocenters. The summed E-state index contributed by atoms with van der Waals surface area (Å²) in [5.74, 6) is -0.302. The molecule has 0 aliphatic heterocycles. The molecule has 2 rings (SSSR count). The summed E-state index contributed by atoms with van der Waals surface area (Å²) in [7, 11) is 0. The van der Waals surface area contributed by atoms with Crippen molar-refractivity contribution in [3.63, 3.8) is 0 Å². The third-order valence-corrected chi connectivity index (χ3v) is 2.57. The number of rotatable bonds is 2. The molecular weight excluding hydrogens is 234 g/mol. The van der Waals surface area contributed by atoms with E-state index in [0.29, 0.717) is 16.5 Å². The van der Waals surface area contributed by atoms with Crippen LogP contribution in [0.15, 0.2) is 40.1 Å². The minimum Gasteiger partial charge on any atom is -0.423 e. The number of esters is 1. The van der Waals surface area contributed by atoms with E-state index in [4.69, 9.17) is 14.9 Å². The molecule has 18 heavy (non-hydrogen) atoms. The minimum absolute atomic E-state index is 0.0818. The Hall–Kier alpha value is -2.56. The van der Waals surface area contributed by atoms with Gasteiger partial charge in [-0.1, -0.05) is 6.58 Å². The van der Waals surface area contributed by atoms with Crippen LogP contribution in [0.1, 0.15) is 5.56 Å². The van der Waals surface area contributed by atoms with Crippen LogP contribution in [-0.4, -0.2) is 5.97 Å². The molecule has 1 aromatic heterocycles. The van der Waals surface area contributed by atoms with Crippen molar-refractivity contribution in [1.82, 2.24) is 0 Å². The molecule has 2 N–H and O–H groups in total. The average molecular weight is 245 g/mol. The Balaban J connectivity index is 2.59. The quantitative estimate of drug-likeness (QED) is 0.377. The van der Waals surface area contributed by atoms with E-state index in [-0.39, 0.29) is 11.4 Å². The van der Waals surface area contributed by atoms with Crippen molar-refractivity contribution >= 4 is 22.6 Å². The number of carbonyl (C=O) groups is 1. The zero-order valence-corrected chi connectivity index (χ0v) is 9.73. The summed E-state index contributed by atoms with van der Waals surface area (Å²) in [6.45, 7) is 5.02. The number of aryl methyl sites for hydroxylation is 1. The summed E-state index contributed by atoms with van der Waals surface area (Å²) in [4.78, 5) is 22.5. The van der Waals surface area contributed by atoms with Gasteiger partial charge in [-0.05, 0) is 24.6 Å². The molecule has 0 aliphatic rings. The fourth-order valence-corrected chi connectivity index (χ4v) is 1.57. The van der Waals surface area contributed by atoms with E-state index in [0.717, 1.165) is 6.08 Å². The molecule has 0 spiro atoms. The maximum Gasteiger partial charge on any atom is 0.359 e. The van der Waals surface area contributed by atoms with Gasteiger partial charge in [-0.3, -0.25) is 0 Å². The lowest BCUT2D eigenvalue weighted by atomic mass is 10.1. The van der Waals surface area contributed by atoms with Gasteiger partial charge in [-0.2, -0.15) is 0 Å². The van der Waals surface area contributed by atoms with Crippen LogP contribution >= 0.6 is 0 Å². The first-order chi connectivity index (χ1) is 8.52. The molecule has 0 bridgehead atoms. The fraction of sp³-hybridized carbons (Fsp3) is 0.0769. The largest absolute Gasteiger partial charge is 0.423 e. The first-order valence-corrected chi connectivity index (χ1v) is 5.20. The highest BCUT2D eigenvalue weighted by molar-refractivity contribution is 5.87. The fourth-order valence-electron chi connectivity index (χ4n) is 1.57. The molecule has 1 heterocycles. The zero-order chi connectivity index (χ0) is 13.3. The smallest absolute Gasteiger partial charge is 0.359 e. The van der Waals surface area contributed by atoms with Crippen LogP contribution in [0.5, 0.6) is 5.75 Å². The monoisotopic (exact) mass is 245 g/mol. The van der Waals surface area contributed by atoms with Gasteiger partial charge in [0, 0.05) is 17.5 Å². The second kappa shape index (κ2) is 4.37. The molecule has 92 valence electrons. The minimum atomic E-state index is -0.604. The zero-order valence-electron chi connectivity index (χ0n) is 9.73. The van der Waals surface area contributed by atoms with Crippen molar-refractivity contribution in [2.24, 2.45) is 0 Å². The van der Waals surface area contributed by atoms with E-state index < -0.39 is 11.6 Å². The number of nitrogens with two attached hydrogens (primary N) is 1. The Morgan fingerprint density at radius 3 is 2.89 bits per heavy atom. The van der Waals surface area contributed by atoms with Crippen LogP contribution in [-0.2, 0) is 4.79 Å². The Labute approximate surface area is 102 Å². The molecule has 0 saturated carbocycles. The van der Waals surface area contributed by atoms with E-state index >= 15 is 0 Å².